The van der Waals surface area contributed by atoms with Gasteiger partial charge in [-0.2, -0.15) is 4.31 Å². The van der Waals surface area contributed by atoms with Crippen LogP contribution in [-0.2, 0) is 10.0 Å². The Morgan fingerprint density at radius 2 is 1.79 bits per heavy atom. The maximum atomic E-state index is 12.6. The monoisotopic (exact) mass is 367 g/mol. The Hall–Kier alpha value is -1.18. The maximum absolute atomic E-state index is 12.6. The van der Waals surface area contributed by atoms with E-state index in [2.05, 4.69) is 10.6 Å². The number of anilines is 1. The van der Waals surface area contributed by atoms with E-state index in [-0.39, 0.29) is 0 Å². The predicted molar refractivity (Wildman–Crippen MR) is 101 cm³/mol. The van der Waals surface area contributed by atoms with Crippen molar-refractivity contribution in [1.29, 1.82) is 0 Å². The Balaban J connectivity index is 1.65. The van der Waals surface area contributed by atoms with Gasteiger partial charge in [0.15, 0.2) is 5.11 Å². The van der Waals surface area contributed by atoms with Gasteiger partial charge < -0.3 is 10.6 Å². The SMILES string of the molecule is O=S(=O)(c1cccc(NC(=S)NC2CCCCC2)c1)N1CCCC1. The molecule has 0 atom stereocenters. The third-order valence-electron chi connectivity index (χ3n) is 4.74. The number of nitrogens with one attached hydrogen (secondary N) is 2. The van der Waals surface area contributed by atoms with E-state index in [1.807, 2.05) is 6.07 Å². The Labute approximate surface area is 149 Å². The number of sulfonamides is 1. The largest absolute Gasteiger partial charge is 0.360 e. The minimum Gasteiger partial charge on any atom is -0.360 e. The van der Waals surface area contributed by atoms with E-state index in [0.29, 0.717) is 34.8 Å². The summed E-state index contributed by atoms with van der Waals surface area (Å²) in [5.41, 5.74) is 0.712. The van der Waals surface area contributed by atoms with Crippen LogP contribution in [0.15, 0.2) is 29.2 Å². The summed E-state index contributed by atoms with van der Waals surface area (Å²) in [5, 5.41) is 7.04. The van der Waals surface area contributed by atoms with Gasteiger partial charge in [-0.25, -0.2) is 8.42 Å². The molecule has 5 nitrogen and oxygen atoms in total. The Bertz CT molecular complexity index is 679. The first kappa shape index (κ1) is 17.6. The summed E-state index contributed by atoms with van der Waals surface area (Å²) in [6.07, 6.45) is 7.94. The summed E-state index contributed by atoms with van der Waals surface area (Å²) >= 11 is 5.38. The Morgan fingerprint density at radius 3 is 2.50 bits per heavy atom. The number of nitrogens with zero attached hydrogens (tertiary/aromatic N) is 1. The zero-order valence-electron chi connectivity index (χ0n) is 13.8. The van der Waals surface area contributed by atoms with Crippen LogP contribution in [0.4, 0.5) is 5.69 Å². The maximum Gasteiger partial charge on any atom is 0.243 e. The van der Waals surface area contributed by atoms with Crippen molar-refractivity contribution < 1.29 is 8.42 Å². The average Bonchev–Trinajstić information content (AvgIpc) is 3.11. The molecular weight excluding hydrogens is 342 g/mol. The number of hydrogen-bond donors (Lipinski definition) is 2. The minimum absolute atomic E-state index is 0.329. The zero-order valence-corrected chi connectivity index (χ0v) is 15.5. The molecule has 1 saturated carbocycles. The molecule has 1 heterocycles. The molecule has 0 aromatic heterocycles. The quantitative estimate of drug-likeness (QED) is 0.801. The van der Waals surface area contributed by atoms with E-state index < -0.39 is 10.0 Å². The molecule has 0 bridgehead atoms. The molecule has 24 heavy (non-hydrogen) atoms. The first-order chi connectivity index (χ1) is 11.6. The molecule has 1 aliphatic carbocycles. The van der Waals surface area contributed by atoms with Crippen molar-refractivity contribution >= 4 is 33.0 Å². The van der Waals surface area contributed by atoms with Crippen LogP contribution in [0.3, 0.4) is 0 Å². The van der Waals surface area contributed by atoms with Gasteiger partial charge in [0, 0.05) is 24.8 Å². The van der Waals surface area contributed by atoms with Crippen LogP contribution in [0, 0.1) is 0 Å². The molecule has 1 aromatic carbocycles. The summed E-state index contributed by atoms with van der Waals surface area (Å²) in [6.45, 7) is 1.23. The first-order valence-corrected chi connectivity index (χ1v) is 10.6. The zero-order chi connectivity index (χ0) is 17.0. The van der Waals surface area contributed by atoms with Crippen LogP contribution >= 0.6 is 12.2 Å². The van der Waals surface area contributed by atoms with E-state index in [9.17, 15) is 8.42 Å². The molecule has 1 saturated heterocycles. The van der Waals surface area contributed by atoms with Gasteiger partial charge in [0.05, 0.1) is 4.90 Å². The van der Waals surface area contributed by atoms with Crippen molar-refractivity contribution in [2.75, 3.05) is 18.4 Å². The van der Waals surface area contributed by atoms with Crippen molar-refractivity contribution in [2.24, 2.45) is 0 Å². The van der Waals surface area contributed by atoms with Gasteiger partial charge in [0.2, 0.25) is 10.0 Å². The summed E-state index contributed by atoms with van der Waals surface area (Å²) in [6, 6.07) is 7.35. The van der Waals surface area contributed by atoms with E-state index in [0.717, 1.165) is 25.7 Å². The molecule has 0 amide bonds. The van der Waals surface area contributed by atoms with Crippen molar-refractivity contribution in [3.8, 4) is 0 Å². The van der Waals surface area contributed by atoms with E-state index in [4.69, 9.17) is 12.2 Å². The third-order valence-corrected chi connectivity index (χ3v) is 6.85. The van der Waals surface area contributed by atoms with Gasteiger partial charge in [-0.1, -0.05) is 25.3 Å². The standard InChI is InChI=1S/C17H25N3O2S2/c21-24(22,20-11-4-5-12-20)16-10-6-9-15(13-16)19-17(23)18-14-7-2-1-3-8-14/h6,9-10,13-14H,1-5,7-8,11-12H2,(H2,18,19,23). The minimum atomic E-state index is -3.39. The molecule has 1 aromatic rings. The van der Waals surface area contributed by atoms with E-state index >= 15 is 0 Å². The average molecular weight is 368 g/mol. The highest BCUT2D eigenvalue weighted by molar-refractivity contribution is 7.89. The molecule has 3 rings (SSSR count). The molecule has 2 N–H and O–H groups in total. The summed E-state index contributed by atoms with van der Waals surface area (Å²) in [7, 11) is -3.39. The molecule has 2 fully saturated rings. The topological polar surface area (TPSA) is 61.4 Å². The van der Waals surface area contributed by atoms with E-state index in [1.54, 1.807) is 22.5 Å². The summed E-state index contributed by atoms with van der Waals surface area (Å²) in [4.78, 5) is 0.329. The van der Waals surface area contributed by atoms with Crippen LogP contribution in [0.1, 0.15) is 44.9 Å². The second-order valence-corrected chi connectivity index (χ2v) is 8.92. The lowest BCUT2D eigenvalue weighted by atomic mass is 9.96. The Kier molecular flexibility index (Phi) is 5.73. The van der Waals surface area contributed by atoms with Gasteiger partial charge in [-0.15, -0.1) is 0 Å². The van der Waals surface area contributed by atoms with Gasteiger partial charge >= 0.3 is 0 Å². The van der Waals surface area contributed by atoms with Crippen molar-refractivity contribution in [3.05, 3.63) is 24.3 Å². The highest BCUT2D eigenvalue weighted by atomic mass is 32.2. The molecule has 1 aliphatic heterocycles. The second-order valence-electron chi connectivity index (χ2n) is 6.57. The lowest BCUT2D eigenvalue weighted by Gasteiger charge is -2.24. The van der Waals surface area contributed by atoms with Gasteiger partial charge in [-0.3, -0.25) is 0 Å². The van der Waals surface area contributed by atoms with Crippen molar-refractivity contribution in [1.82, 2.24) is 9.62 Å². The fraction of sp³-hybridized carbons (Fsp3) is 0.588. The van der Waals surface area contributed by atoms with Gasteiger partial charge in [0.1, 0.15) is 0 Å². The smallest absolute Gasteiger partial charge is 0.243 e. The summed E-state index contributed by atoms with van der Waals surface area (Å²) in [5.74, 6) is 0. The molecule has 7 heteroatoms. The molecule has 132 valence electrons. The molecule has 0 radical (unpaired) electrons. The fourth-order valence-electron chi connectivity index (χ4n) is 3.41. The number of rotatable bonds is 4. The number of benzene rings is 1. The lowest BCUT2D eigenvalue weighted by molar-refractivity contribution is 0.415. The summed E-state index contributed by atoms with van der Waals surface area (Å²) < 4.78 is 26.8. The normalized spacial score (nSPS) is 20.0. The van der Waals surface area contributed by atoms with Crippen molar-refractivity contribution in [2.45, 2.75) is 55.9 Å². The molecule has 0 unspecified atom stereocenters. The molecular formula is C17H25N3O2S2. The van der Waals surface area contributed by atoms with Crippen LogP contribution in [0.25, 0.3) is 0 Å². The van der Waals surface area contributed by atoms with Gasteiger partial charge in [-0.05, 0) is 56.1 Å². The fourth-order valence-corrected chi connectivity index (χ4v) is 5.26. The third kappa shape index (κ3) is 4.26. The van der Waals surface area contributed by atoms with Gasteiger partial charge in [0.25, 0.3) is 0 Å². The second kappa shape index (κ2) is 7.80. The van der Waals surface area contributed by atoms with Crippen LogP contribution in [-0.4, -0.2) is 37.0 Å². The van der Waals surface area contributed by atoms with E-state index in [1.165, 1.54) is 19.3 Å². The number of thiocarbonyl (C=S) groups is 1. The van der Waals surface area contributed by atoms with Crippen LogP contribution < -0.4 is 10.6 Å². The molecule has 0 spiro atoms. The highest BCUT2D eigenvalue weighted by Crippen LogP contribution is 2.23. The molecule has 2 aliphatic rings. The van der Waals surface area contributed by atoms with Crippen LogP contribution in [0.5, 0.6) is 0 Å². The lowest BCUT2D eigenvalue weighted by Crippen LogP contribution is -2.38. The Morgan fingerprint density at radius 1 is 1.08 bits per heavy atom. The number of hydrogen-bond acceptors (Lipinski definition) is 3. The highest BCUT2D eigenvalue weighted by Gasteiger charge is 2.27. The first-order valence-electron chi connectivity index (χ1n) is 8.73. The predicted octanol–water partition coefficient (Wildman–Crippen LogP) is 3.09. The van der Waals surface area contributed by atoms with Crippen LogP contribution in [0.2, 0.25) is 0 Å². The van der Waals surface area contributed by atoms with Crippen molar-refractivity contribution in [3.63, 3.8) is 0 Å².